The van der Waals surface area contributed by atoms with Gasteiger partial charge in [0.15, 0.2) is 0 Å². The minimum Gasteiger partial charge on any atom is -0.478 e. The molecule has 0 amide bonds. The fraction of sp³-hybridized carbons (Fsp3) is 0. The van der Waals surface area contributed by atoms with Gasteiger partial charge in [-0.2, -0.15) is 0 Å². The molecule has 0 radical (unpaired) electrons. The molecular formula is C12H7ClFNO3. The summed E-state index contributed by atoms with van der Waals surface area (Å²) < 4.78 is 13.0. The molecule has 4 nitrogen and oxygen atoms in total. The van der Waals surface area contributed by atoms with E-state index >= 15 is 0 Å². The lowest BCUT2D eigenvalue weighted by Gasteiger charge is -2.06. The number of aromatic nitrogens is 1. The third-order valence-corrected chi connectivity index (χ3v) is 2.68. The molecule has 0 spiro atoms. The summed E-state index contributed by atoms with van der Waals surface area (Å²) >= 11 is 5.63. The highest BCUT2D eigenvalue weighted by atomic mass is 35.5. The van der Waals surface area contributed by atoms with Crippen LogP contribution < -0.4 is 5.56 Å². The van der Waals surface area contributed by atoms with E-state index in [4.69, 9.17) is 16.7 Å². The number of H-pyrrole nitrogens is 1. The fourth-order valence-corrected chi connectivity index (χ4v) is 1.73. The number of nitrogens with one attached hydrogen (secondary N) is 1. The van der Waals surface area contributed by atoms with E-state index < -0.39 is 17.3 Å². The van der Waals surface area contributed by atoms with E-state index in [1.54, 1.807) is 0 Å². The first-order valence-electron chi connectivity index (χ1n) is 4.90. The minimum absolute atomic E-state index is 0.116. The van der Waals surface area contributed by atoms with Gasteiger partial charge in [-0.05, 0) is 17.7 Å². The van der Waals surface area contributed by atoms with Gasteiger partial charge in [0, 0.05) is 17.8 Å². The monoisotopic (exact) mass is 267 g/mol. The number of hydrogen-bond acceptors (Lipinski definition) is 2. The second-order valence-corrected chi connectivity index (χ2v) is 3.97. The van der Waals surface area contributed by atoms with E-state index in [2.05, 4.69) is 4.98 Å². The fourth-order valence-electron chi connectivity index (χ4n) is 1.55. The number of rotatable bonds is 2. The van der Waals surface area contributed by atoms with Crippen molar-refractivity contribution in [3.63, 3.8) is 0 Å². The lowest BCUT2D eigenvalue weighted by molar-refractivity contribution is 0.0697. The molecule has 0 aliphatic carbocycles. The van der Waals surface area contributed by atoms with E-state index in [9.17, 15) is 14.0 Å². The number of carboxylic acid groups (broad SMARTS) is 1. The number of carbonyl (C=O) groups is 1. The first-order chi connectivity index (χ1) is 8.49. The summed E-state index contributed by atoms with van der Waals surface area (Å²) in [4.78, 5) is 24.5. The van der Waals surface area contributed by atoms with Crippen molar-refractivity contribution in [3.8, 4) is 11.1 Å². The number of pyridine rings is 1. The Morgan fingerprint density at radius 2 is 2.06 bits per heavy atom. The van der Waals surface area contributed by atoms with Gasteiger partial charge >= 0.3 is 5.97 Å². The predicted octanol–water partition coefficient (Wildman–Crippen LogP) is 2.53. The van der Waals surface area contributed by atoms with Crippen LogP contribution in [-0.4, -0.2) is 16.1 Å². The van der Waals surface area contributed by atoms with E-state index in [1.807, 2.05) is 0 Å². The third-order valence-electron chi connectivity index (χ3n) is 2.39. The van der Waals surface area contributed by atoms with Crippen molar-refractivity contribution >= 4 is 17.6 Å². The van der Waals surface area contributed by atoms with Crippen LogP contribution in [0.2, 0.25) is 5.02 Å². The SMILES string of the molecule is O=C(O)c1cc(=O)[nH]cc1-c1ccc(F)c(Cl)c1. The number of hydrogen-bond donors (Lipinski definition) is 2. The molecule has 1 aromatic heterocycles. The highest BCUT2D eigenvalue weighted by molar-refractivity contribution is 6.31. The molecule has 0 saturated heterocycles. The zero-order chi connectivity index (χ0) is 13.3. The van der Waals surface area contributed by atoms with E-state index in [-0.39, 0.29) is 16.1 Å². The van der Waals surface area contributed by atoms with Crippen LogP contribution in [0.1, 0.15) is 10.4 Å². The van der Waals surface area contributed by atoms with Crippen LogP contribution in [0.15, 0.2) is 35.3 Å². The van der Waals surface area contributed by atoms with Crippen molar-refractivity contribution < 1.29 is 14.3 Å². The van der Waals surface area contributed by atoms with Gasteiger partial charge in [-0.1, -0.05) is 17.7 Å². The van der Waals surface area contributed by atoms with Gasteiger partial charge < -0.3 is 10.1 Å². The van der Waals surface area contributed by atoms with Crippen molar-refractivity contribution in [3.05, 3.63) is 57.2 Å². The largest absolute Gasteiger partial charge is 0.478 e. The first kappa shape index (κ1) is 12.3. The van der Waals surface area contributed by atoms with E-state index in [0.29, 0.717) is 5.56 Å². The quantitative estimate of drug-likeness (QED) is 0.878. The van der Waals surface area contributed by atoms with Crippen LogP contribution >= 0.6 is 11.6 Å². The van der Waals surface area contributed by atoms with Crippen LogP contribution in [0.5, 0.6) is 0 Å². The van der Waals surface area contributed by atoms with Crippen LogP contribution in [0.3, 0.4) is 0 Å². The molecule has 2 N–H and O–H groups in total. The van der Waals surface area contributed by atoms with Crippen LogP contribution in [0.4, 0.5) is 4.39 Å². The second-order valence-electron chi connectivity index (χ2n) is 3.56. The predicted molar refractivity (Wildman–Crippen MR) is 64.4 cm³/mol. The number of aromatic amines is 1. The molecule has 18 heavy (non-hydrogen) atoms. The van der Waals surface area contributed by atoms with Gasteiger partial charge in [0.1, 0.15) is 5.82 Å². The molecule has 1 aromatic carbocycles. The number of aromatic carboxylic acids is 1. The summed E-state index contributed by atoms with van der Waals surface area (Å²) in [7, 11) is 0. The van der Waals surface area contributed by atoms with Crippen molar-refractivity contribution in [2.45, 2.75) is 0 Å². The molecule has 6 heteroatoms. The average molecular weight is 268 g/mol. The molecule has 0 atom stereocenters. The maximum atomic E-state index is 13.0. The summed E-state index contributed by atoms with van der Waals surface area (Å²) in [6, 6.07) is 4.79. The lowest BCUT2D eigenvalue weighted by atomic mass is 10.0. The minimum atomic E-state index is -1.24. The van der Waals surface area contributed by atoms with Crippen molar-refractivity contribution in [2.75, 3.05) is 0 Å². The van der Waals surface area contributed by atoms with Crippen LogP contribution in [0, 0.1) is 5.82 Å². The lowest BCUT2D eigenvalue weighted by Crippen LogP contribution is -2.10. The summed E-state index contributed by atoms with van der Waals surface area (Å²) in [6.45, 7) is 0. The summed E-state index contributed by atoms with van der Waals surface area (Å²) in [6.07, 6.45) is 1.26. The maximum absolute atomic E-state index is 13.0. The molecule has 2 aromatic rings. The Kier molecular flexibility index (Phi) is 3.16. The molecule has 0 bridgehead atoms. The highest BCUT2D eigenvalue weighted by Gasteiger charge is 2.13. The van der Waals surface area contributed by atoms with Gasteiger partial charge in [-0.3, -0.25) is 4.79 Å². The Hall–Kier alpha value is -2.14. The zero-order valence-corrected chi connectivity index (χ0v) is 9.66. The number of carboxylic acids is 1. The molecule has 0 saturated carbocycles. The Morgan fingerprint density at radius 1 is 1.33 bits per heavy atom. The summed E-state index contributed by atoms with van der Waals surface area (Å²) in [5.41, 5.74) is -0.00941. The van der Waals surface area contributed by atoms with Crippen molar-refractivity contribution in [1.29, 1.82) is 0 Å². The van der Waals surface area contributed by atoms with Gasteiger partial charge in [0.2, 0.25) is 5.56 Å². The smallest absolute Gasteiger partial charge is 0.336 e. The Morgan fingerprint density at radius 3 is 2.67 bits per heavy atom. The zero-order valence-electron chi connectivity index (χ0n) is 8.91. The van der Waals surface area contributed by atoms with Gasteiger partial charge in [-0.15, -0.1) is 0 Å². The third kappa shape index (κ3) is 2.26. The van der Waals surface area contributed by atoms with E-state index in [1.165, 1.54) is 18.3 Å². The molecule has 0 aliphatic rings. The molecule has 2 rings (SSSR count). The summed E-state index contributed by atoms with van der Waals surface area (Å²) in [5, 5.41) is 8.90. The highest BCUT2D eigenvalue weighted by Crippen LogP contribution is 2.26. The Labute approximate surface area is 106 Å². The van der Waals surface area contributed by atoms with Gasteiger partial charge in [-0.25, -0.2) is 9.18 Å². The average Bonchev–Trinajstić information content (AvgIpc) is 2.32. The van der Waals surface area contributed by atoms with Gasteiger partial charge in [0.05, 0.1) is 10.6 Å². The van der Waals surface area contributed by atoms with Crippen LogP contribution in [-0.2, 0) is 0 Å². The maximum Gasteiger partial charge on any atom is 0.336 e. The molecular weight excluding hydrogens is 261 g/mol. The summed E-state index contributed by atoms with van der Waals surface area (Å²) in [5.74, 6) is -1.83. The van der Waals surface area contributed by atoms with Crippen molar-refractivity contribution in [2.24, 2.45) is 0 Å². The molecule has 1 heterocycles. The van der Waals surface area contributed by atoms with Crippen molar-refractivity contribution in [1.82, 2.24) is 4.98 Å². The van der Waals surface area contributed by atoms with Crippen LogP contribution in [0.25, 0.3) is 11.1 Å². The standard InChI is InChI=1S/C12H7ClFNO3/c13-9-3-6(1-2-10(9)14)8-5-15-11(16)4-7(8)12(17)18/h1-5H,(H,15,16)(H,17,18). The molecule has 0 unspecified atom stereocenters. The molecule has 0 fully saturated rings. The normalized spacial score (nSPS) is 10.3. The number of halogens is 2. The Balaban J connectivity index is 2.66. The number of benzene rings is 1. The first-order valence-corrected chi connectivity index (χ1v) is 5.28. The van der Waals surface area contributed by atoms with Gasteiger partial charge in [0.25, 0.3) is 0 Å². The molecule has 92 valence electrons. The topological polar surface area (TPSA) is 70.2 Å². The molecule has 0 aliphatic heterocycles. The van der Waals surface area contributed by atoms with E-state index in [0.717, 1.165) is 12.1 Å². The Bertz CT molecular complexity index is 681. The second kappa shape index (κ2) is 4.62.